The zero-order chi connectivity index (χ0) is 19.0. The zero-order valence-electron chi connectivity index (χ0n) is 14.8. The minimum atomic E-state index is -0.405. The molecule has 0 unspecified atom stereocenters. The van der Waals surface area contributed by atoms with Gasteiger partial charge in [0.1, 0.15) is 0 Å². The minimum absolute atomic E-state index is 0.00144. The van der Waals surface area contributed by atoms with Crippen LogP contribution in [0.15, 0.2) is 78.9 Å². The van der Waals surface area contributed by atoms with Gasteiger partial charge in [-0.2, -0.15) is 0 Å². The summed E-state index contributed by atoms with van der Waals surface area (Å²) in [5.74, 6) is -0.351. The maximum absolute atomic E-state index is 13.0. The first-order chi connectivity index (χ1) is 13.1. The van der Waals surface area contributed by atoms with Crippen molar-refractivity contribution in [2.45, 2.75) is 18.9 Å². The molecule has 0 radical (unpaired) electrons. The molecule has 0 aromatic heterocycles. The topological polar surface area (TPSA) is 63.5 Å². The highest BCUT2D eigenvalue weighted by atomic mass is 16.6. The summed E-state index contributed by atoms with van der Waals surface area (Å²) in [5.41, 5.74) is 3.62. The third-order valence-corrected chi connectivity index (χ3v) is 4.99. The number of nitro benzene ring substituents is 1. The molecule has 5 nitrogen and oxygen atoms in total. The number of hydrogen-bond donors (Lipinski definition) is 0. The largest absolute Gasteiger partial charge is 0.303 e. The number of non-ortho nitro benzene ring substituents is 1. The highest BCUT2D eigenvalue weighted by Gasteiger charge is 2.49. The Hall–Kier alpha value is -3.47. The standard InChI is InChI=1S/C22H18N2O3/c1-15-10-12-18(13-11-15)23-21(17-8-5-9-19(14-17)24(26)27)20(22(23)25)16-6-3-2-4-7-16/h2-14,20-21H,1H3/t20-,21-/m0/s1. The molecule has 0 spiro atoms. The highest BCUT2D eigenvalue weighted by molar-refractivity contribution is 6.06. The zero-order valence-corrected chi connectivity index (χ0v) is 14.8. The molecule has 1 aliphatic rings. The van der Waals surface area contributed by atoms with Gasteiger partial charge in [0, 0.05) is 17.8 Å². The molecule has 0 N–H and O–H groups in total. The molecule has 2 atom stereocenters. The van der Waals surface area contributed by atoms with Crippen molar-refractivity contribution in [2.75, 3.05) is 4.90 Å². The van der Waals surface area contributed by atoms with Crippen LogP contribution in [0.3, 0.4) is 0 Å². The van der Waals surface area contributed by atoms with Gasteiger partial charge in [0.15, 0.2) is 0 Å². The van der Waals surface area contributed by atoms with E-state index in [1.807, 2.05) is 67.6 Å². The number of anilines is 1. The van der Waals surface area contributed by atoms with Crippen LogP contribution in [0.5, 0.6) is 0 Å². The van der Waals surface area contributed by atoms with E-state index >= 15 is 0 Å². The third-order valence-electron chi connectivity index (χ3n) is 4.99. The number of nitrogens with zero attached hydrogens (tertiary/aromatic N) is 2. The highest BCUT2D eigenvalue weighted by Crippen LogP contribution is 2.49. The van der Waals surface area contributed by atoms with E-state index < -0.39 is 4.92 Å². The van der Waals surface area contributed by atoms with Gasteiger partial charge in [-0.1, -0.05) is 60.2 Å². The Morgan fingerprint density at radius 2 is 1.56 bits per heavy atom. The summed E-state index contributed by atoms with van der Waals surface area (Å²) < 4.78 is 0. The van der Waals surface area contributed by atoms with E-state index in [2.05, 4.69) is 0 Å². The van der Waals surface area contributed by atoms with E-state index in [0.717, 1.165) is 22.4 Å². The lowest BCUT2D eigenvalue weighted by molar-refractivity contribution is -0.384. The molecule has 3 aromatic rings. The summed E-state index contributed by atoms with van der Waals surface area (Å²) in [6, 6.07) is 23.6. The van der Waals surface area contributed by atoms with E-state index in [1.165, 1.54) is 6.07 Å². The molecule has 5 heteroatoms. The summed E-state index contributed by atoms with van der Waals surface area (Å²) >= 11 is 0. The maximum atomic E-state index is 13.0. The minimum Gasteiger partial charge on any atom is -0.303 e. The van der Waals surface area contributed by atoms with Crippen LogP contribution in [-0.2, 0) is 4.79 Å². The second-order valence-electron chi connectivity index (χ2n) is 6.73. The van der Waals surface area contributed by atoms with Crippen LogP contribution in [0.25, 0.3) is 0 Å². The van der Waals surface area contributed by atoms with Crippen LogP contribution in [0, 0.1) is 17.0 Å². The Kier molecular flexibility index (Phi) is 4.20. The number of rotatable bonds is 4. The summed E-state index contributed by atoms with van der Waals surface area (Å²) in [6.45, 7) is 1.99. The monoisotopic (exact) mass is 358 g/mol. The Morgan fingerprint density at radius 1 is 0.889 bits per heavy atom. The van der Waals surface area contributed by atoms with Crippen molar-refractivity contribution in [2.24, 2.45) is 0 Å². The van der Waals surface area contributed by atoms with Crippen molar-refractivity contribution in [3.05, 3.63) is 106 Å². The van der Waals surface area contributed by atoms with Gasteiger partial charge < -0.3 is 4.90 Å². The van der Waals surface area contributed by atoms with Gasteiger partial charge in [-0.3, -0.25) is 14.9 Å². The third kappa shape index (κ3) is 2.97. The second-order valence-corrected chi connectivity index (χ2v) is 6.73. The van der Waals surface area contributed by atoms with Gasteiger partial charge in [-0.15, -0.1) is 0 Å². The molecule has 134 valence electrons. The average molecular weight is 358 g/mol. The second kappa shape index (κ2) is 6.68. The number of amides is 1. The summed E-state index contributed by atoms with van der Waals surface area (Å²) in [5, 5.41) is 11.2. The fourth-order valence-corrected chi connectivity index (χ4v) is 3.63. The average Bonchev–Trinajstić information content (AvgIpc) is 2.68. The fraction of sp³-hybridized carbons (Fsp3) is 0.136. The number of nitro groups is 1. The van der Waals surface area contributed by atoms with E-state index in [-0.39, 0.29) is 23.6 Å². The van der Waals surface area contributed by atoms with Crippen molar-refractivity contribution in [3.63, 3.8) is 0 Å². The normalized spacial score (nSPS) is 18.9. The summed E-state index contributed by atoms with van der Waals surface area (Å²) in [7, 11) is 0. The molecule has 1 fully saturated rings. The molecule has 27 heavy (non-hydrogen) atoms. The lowest BCUT2D eigenvalue weighted by Crippen LogP contribution is -2.53. The molecule has 3 aromatic carbocycles. The van der Waals surface area contributed by atoms with Crippen LogP contribution in [-0.4, -0.2) is 10.8 Å². The van der Waals surface area contributed by atoms with Crippen molar-refractivity contribution < 1.29 is 9.72 Å². The van der Waals surface area contributed by atoms with Gasteiger partial charge >= 0.3 is 0 Å². The first-order valence-corrected chi connectivity index (χ1v) is 8.75. The van der Waals surface area contributed by atoms with Gasteiger partial charge in [-0.05, 0) is 30.2 Å². The van der Waals surface area contributed by atoms with Crippen molar-refractivity contribution >= 4 is 17.3 Å². The molecule has 1 aliphatic heterocycles. The molecule has 0 saturated carbocycles. The number of aryl methyl sites for hydroxylation is 1. The molecule has 1 amide bonds. The molecular weight excluding hydrogens is 340 g/mol. The molecule has 1 heterocycles. The number of carbonyl (C=O) groups excluding carboxylic acids is 1. The first-order valence-electron chi connectivity index (χ1n) is 8.75. The van der Waals surface area contributed by atoms with Gasteiger partial charge in [0.25, 0.3) is 5.69 Å². The molecule has 1 saturated heterocycles. The SMILES string of the molecule is Cc1ccc(N2C(=O)[C@@H](c3ccccc3)[C@@H]2c2cccc([N+](=O)[O-])c2)cc1. The van der Waals surface area contributed by atoms with Gasteiger partial charge in [-0.25, -0.2) is 0 Å². The van der Waals surface area contributed by atoms with Crippen LogP contribution in [0.4, 0.5) is 11.4 Å². The van der Waals surface area contributed by atoms with E-state index in [4.69, 9.17) is 0 Å². The van der Waals surface area contributed by atoms with Crippen molar-refractivity contribution in [3.8, 4) is 0 Å². The summed E-state index contributed by atoms with van der Waals surface area (Å²) in [4.78, 5) is 25.6. The number of benzene rings is 3. The summed E-state index contributed by atoms with van der Waals surface area (Å²) in [6.07, 6.45) is 0. The van der Waals surface area contributed by atoms with Crippen molar-refractivity contribution in [1.82, 2.24) is 0 Å². The van der Waals surface area contributed by atoms with E-state index in [9.17, 15) is 14.9 Å². The van der Waals surface area contributed by atoms with Crippen molar-refractivity contribution in [1.29, 1.82) is 0 Å². The number of carbonyl (C=O) groups is 1. The van der Waals surface area contributed by atoms with E-state index in [1.54, 1.807) is 17.0 Å². The van der Waals surface area contributed by atoms with Crippen LogP contribution in [0.2, 0.25) is 0 Å². The molecule has 0 bridgehead atoms. The molecular formula is C22H18N2O3. The Balaban J connectivity index is 1.80. The van der Waals surface area contributed by atoms with Crippen LogP contribution >= 0.6 is 0 Å². The molecule has 0 aliphatic carbocycles. The smallest absolute Gasteiger partial charge is 0.269 e. The maximum Gasteiger partial charge on any atom is 0.269 e. The fourth-order valence-electron chi connectivity index (χ4n) is 3.63. The predicted molar refractivity (Wildman–Crippen MR) is 104 cm³/mol. The number of hydrogen-bond acceptors (Lipinski definition) is 3. The Morgan fingerprint density at radius 3 is 2.22 bits per heavy atom. The first kappa shape index (κ1) is 17.0. The predicted octanol–water partition coefficient (Wildman–Crippen LogP) is 4.77. The van der Waals surface area contributed by atoms with Crippen LogP contribution in [0.1, 0.15) is 28.7 Å². The van der Waals surface area contributed by atoms with Crippen LogP contribution < -0.4 is 4.90 Å². The molecule has 4 rings (SSSR count). The Labute approximate surface area is 157 Å². The lowest BCUT2D eigenvalue weighted by atomic mass is 9.77. The van der Waals surface area contributed by atoms with E-state index in [0.29, 0.717) is 0 Å². The van der Waals surface area contributed by atoms with Gasteiger partial charge in [0.2, 0.25) is 5.91 Å². The lowest BCUT2D eigenvalue weighted by Gasteiger charge is -2.47. The number of β-lactam (4-membered cyclic amide) rings is 1. The van der Waals surface area contributed by atoms with Gasteiger partial charge in [0.05, 0.1) is 16.9 Å². The Bertz CT molecular complexity index is 1000. The quantitative estimate of drug-likeness (QED) is 0.383.